The first-order valence-corrected chi connectivity index (χ1v) is 9.95. The normalized spacial score (nSPS) is 14.6. The standard InChI is InChI=1S/C23H26N4O3/c1-26-9-11-27(12-10-26)18-7-8-19(22(14-18)29-2)21-15-20(24-25-21)16-5-4-6-17(13-16)23(28)30-3/h4-8,13-15H,9-12H2,1-3H3,(H,24,25). The number of aromatic amines is 1. The zero-order valence-electron chi connectivity index (χ0n) is 17.5. The van der Waals surface area contributed by atoms with E-state index in [0.717, 1.165) is 60.1 Å². The molecular formula is C23H26N4O3. The Hall–Kier alpha value is -3.32. The van der Waals surface area contributed by atoms with E-state index in [1.54, 1.807) is 19.2 Å². The van der Waals surface area contributed by atoms with E-state index < -0.39 is 0 Å². The molecule has 30 heavy (non-hydrogen) atoms. The highest BCUT2D eigenvalue weighted by Gasteiger charge is 2.17. The summed E-state index contributed by atoms with van der Waals surface area (Å²) >= 11 is 0. The van der Waals surface area contributed by atoms with Crippen molar-refractivity contribution in [1.29, 1.82) is 0 Å². The van der Waals surface area contributed by atoms with Crippen molar-refractivity contribution in [2.24, 2.45) is 0 Å². The Morgan fingerprint density at radius 3 is 2.57 bits per heavy atom. The molecule has 0 aliphatic carbocycles. The van der Waals surface area contributed by atoms with Crippen molar-refractivity contribution < 1.29 is 14.3 Å². The number of carbonyl (C=O) groups is 1. The molecule has 156 valence electrons. The van der Waals surface area contributed by atoms with Crippen LogP contribution in [0.5, 0.6) is 5.75 Å². The Morgan fingerprint density at radius 2 is 1.83 bits per heavy atom. The molecule has 1 fully saturated rings. The van der Waals surface area contributed by atoms with Gasteiger partial charge in [-0.05, 0) is 37.4 Å². The number of hydrogen-bond acceptors (Lipinski definition) is 6. The molecular weight excluding hydrogens is 380 g/mol. The van der Waals surface area contributed by atoms with Crippen LogP contribution in [0.3, 0.4) is 0 Å². The van der Waals surface area contributed by atoms with Crippen molar-refractivity contribution in [2.75, 3.05) is 52.3 Å². The number of nitrogens with zero attached hydrogens (tertiary/aromatic N) is 3. The number of carbonyl (C=O) groups excluding carboxylic acids is 1. The van der Waals surface area contributed by atoms with Crippen molar-refractivity contribution in [3.05, 3.63) is 54.1 Å². The molecule has 7 nitrogen and oxygen atoms in total. The highest BCUT2D eigenvalue weighted by molar-refractivity contribution is 5.91. The van der Waals surface area contributed by atoms with Gasteiger partial charge in [-0.1, -0.05) is 12.1 Å². The molecule has 2 heterocycles. The minimum absolute atomic E-state index is 0.367. The van der Waals surface area contributed by atoms with Crippen LogP contribution in [0, 0.1) is 0 Å². The molecule has 1 N–H and O–H groups in total. The number of aromatic nitrogens is 2. The molecule has 0 amide bonds. The predicted molar refractivity (Wildman–Crippen MR) is 117 cm³/mol. The van der Waals surface area contributed by atoms with Crippen LogP contribution in [0.1, 0.15) is 10.4 Å². The molecule has 1 aliphatic rings. The van der Waals surface area contributed by atoms with Crippen LogP contribution in [-0.4, -0.2) is 68.5 Å². The first-order chi connectivity index (χ1) is 14.6. The lowest BCUT2D eigenvalue weighted by Gasteiger charge is -2.34. The third-order valence-electron chi connectivity index (χ3n) is 5.50. The number of ether oxygens (including phenoxy) is 2. The zero-order chi connectivity index (χ0) is 21.1. The molecule has 7 heteroatoms. The number of rotatable bonds is 5. The van der Waals surface area contributed by atoms with Crippen LogP contribution in [0.25, 0.3) is 22.5 Å². The van der Waals surface area contributed by atoms with E-state index in [0.29, 0.717) is 5.56 Å². The van der Waals surface area contributed by atoms with E-state index >= 15 is 0 Å². The number of methoxy groups -OCH3 is 2. The number of benzene rings is 2. The number of likely N-dealkylation sites (N-methyl/N-ethyl adjacent to an activating group) is 1. The van der Waals surface area contributed by atoms with E-state index in [1.165, 1.54) is 7.11 Å². The van der Waals surface area contributed by atoms with Crippen molar-refractivity contribution in [1.82, 2.24) is 15.1 Å². The van der Waals surface area contributed by atoms with Crippen molar-refractivity contribution in [3.8, 4) is 28.3 Å². The van der Waals surface area contributed by atoms with Gasteiger partial charge in [0.2, 0.25) is 0 Å². The van der Waals surface area contributed by atoms with Crippen molar-refractivity contribution in [3.63, 3.8) is 0 Å². The Kier molecular flexibility index (Phi) is 5.72. The van der Waals surface area contributed by atoms with Gasteiger partial charge in [0.25, 0.3) is 0 Å². The summed E-state index contributed by atoms with van der Waals surface area (Å²) in [5.41, 5.74) is 5.05. The molecule has 0 spiro atoms. The molecule has 1 aromatic heterocycles. The van der Waals surface area contributed by atoms with E-state index in [1.807, 2.05) is 18.2 Å². The van der Waals surface area contributed by atoms with Crippen LogP contribution in [-0.2, 0) is 4.74 Å². The molecule has 4 rings (SSSR count). The average Bonchev–Trinajstić information content (AvgIpc) is 3.29. The van der Waals surface area contributed by atoms with E-state index in [-0.39, 0.29) is 5.97 Å². The fourth-order valence-corrected chi connectivity index (χ4v) is 3.69. The van der Waals surface area contributed by atoms with Gasteiger partial charge in [-0.15, -0.1) is 0 Å². The van der Waals surface area contributed by atoms with Crippen LogP contribution in [0.15, 0.2) is 48.5 Å². The molecule has 0 unspecified atom stereocenters. The third-order valence-corrected chi connectivity index (χ3v) is 5.50. The van der Waals surface area contributed by atoms with Crippen LogP contribution >= 0.6 is 0 Å². The number of H-pyrrole nitrogens is 1. The Balaban J connectivity index is 1.61. The maximum atomic E-state index is 11.8. The van der Waals surface area contributed by atoms with Gasteiger partial charge in [-0.2, -0.15) is 5.10 Å². The highest BCUT2D eigenvalue weighted by Crippen LogP contribution is 2.34. The molecule has 0 atom stereocenters. The van der Waals surface area contributed by atoms with Crippen molar-refractivity contribution >= 4 is 11.7 Å². The highest BCUT2D eigenvalue weighted by atomic mass is 16.5. The number of piperazine rings is 1. The average molecular weight is 406 g/mol. The van der Waals surface area contributed by atoms with Gasteiger partial charge in [0.1, 0.15) is 5.75 Å². The fourth-order valence-electron chi connectivity index (χ4n) is 3.69. The first kappa shape index (κ1) is 20.0. The summed E-state index contributed by atoms with van der Waals surface area (Å²) in [6.45, 7) is 4.12. The minimum atomic E-state index is -0.367. The van der Waals surface area contributed by atoms with Gasteiger partial charge in [0, 0.05) is 49.1 Å². The second kappa shape index (κ2) is 8.59. The minimum Gasteiger partial charge on any atom is -0.496 e. The van der Waals surface area contributed by atoms with E-state index in [4.69, 9.17) is 9.47 Å². The fraction of sp³-hybridized carbons (Fsp3) is 0.304. The number of nitrogens with one attached hydrogen (secondary N) is 1. The summed E-state index contributed by atoms with van der Waals surface area (Å²) in [7, 11) is 5.21. The van der Waals surface area contributed by atoms with Gasteiger partial charge in [-0.3, -0.25) is 5.10 Å². The smallest absolute Gasteiger partial charge is 0.337 e. The molecule has 1 saturated heterocycles. The third kappa shape index (κ3) is 4.02. The van der Waals surface area contributed by atoms with E-state index in [9.17, 15) is 4.79 Å². The summed E-state index contributed by atoms with van der Waals surface area (Å²) in [5.74, 6) is 0.429. The van der Waals surface area contributed by atoms with Gasteiger partial charge in [0.05, 0.1) is 31.2 Å². The van der Waals surface area contributed by atoms with Crippen LogP contribution < -0.4 is 9.64 Å². The number of esters is 1. The summed E-state index contributed by atoms with van der Waals surface area (Å²) in [6.07, 6.45) is 0. The summed E-state index contributed by atoms with van der Waals surface area (Å²) in [6, 6.07) is 15.5. The Morgan fingerprint density at radius 1 is 1.03 bits per heavy atom. The Labute approximate surface area is 176 Å². The molecule has 1 aliphatic heterocycles. The van der Waals surface area contributed by atoms with Crippen LogP contribution in [0.4, 0.5) is 5.69 Å². The molecule has 2 aromatic carbocycles. The zero-order valence-corrected chi connectivity index (χ0v) is 17.5. The van der Waals surface area contributed by atoms with Crippen LogP contribution in [0.2, 0.25) is 0 Å². The second-order valence-electron chi connectivity index (χ2n) is 7.41. The predicted octanol–water partition coefficient (Wildman–Crippen LogP) is 3.29. The SMILES string of the molecule is COC(=O)c1cccc(-c2cc(-c3ccc(N4CCN(C)CC4)cc3OC)[nH]n2)c1. The summed E-state index contributed by atoms with van der Waals surface area (Å²) < 4.78 is 10.5. The first-order valence-electron chi connectivity index (χ1n) is 9.95. The monoisotopic (exact) mass is 406 g/mol. The lowest BCUT2D eigenvalue weighted by Crippen LogP contribution is -2.44. The molecule has 0 bridgehead atoms. The van der Waals surface area contributed by atoms with Crippen molar-refractivity contribution in [2.45, 2.75) is 0 Å². The number of hydrogen-bond donors (Lipinski definition) is 1. The maximum absolute atomic E-state index is 11.8. The van der Waals surface area contributed by atoms with Gasteiger partial charge in [-0.25, -0.2) is 4.79 Å². The maximum Gasteiger partial charge on any atom is 0.337 e. The van der Waals surface area contributed by atoms with E-state index in [2.05, 4.69) is 45.2 Å². The van der Waals surface area contributed by atoms with Gasteiger partial charge < -0.3 is 19.3 Å². The van der Waals surface area contributed by atoms with Gasteiger partial charge in [0.15, 0.2) is 0 Å². The topological polar surface area (TPSA) is 70.7 Å². The number of anilines is 1. The Bertz CT molecular complexity index is 1040. The summed E-state index contributed by atoms with van der Waals surface area (Å²) in [4.78, 5) is 16.5. The molecule has 0 radical (unpaired) electrons. The molecule has 3 aromatic rings. The molecule has 0 saturated carbocycles. The lowest BCUT2D eigenvalue weighted by molar-refractivity contribution is 0.0601. The largest absolute Gasteiger partial charge is 0.496 e. The summed E-state index contributed by atoms with van der Waals surface area (Å²) in [5, 5.41) is 7.53. The second-order valence-corrected chi connectivity index (χ2v) is 7.41. The lowest BCUT2D eigenvalue weighted by atomic mass is 10.1. The van der Waals surface area contributed by atoms with Gasteiger partial charge >= 0.3 is 5.97 Å². The quantitative estimate of drug-likeness (QED) is 0.656.